The maximum absolute atomic E-state index is 14.1. The van der Waals surface area contributed by atoms with Crippen LogP contribution in [0, 0.1) is 17.8 Å². The number of halogens is 1. The maximum Gasteiger partial charge on any atom is 0.329 e. The van der Waals surface area contributed by atoms with Gasteiger partial charge in [0, 0.05) is 21.9 Å². The molecule has 2 bridgehead atoms. The minimum absolute atomic E-state index is 0.0501. The summed E-state index contributed by atoms with van der Waals surface area (Å²) in [6, 6.07) is 21.2. The van der Waals surface area contributed by atoms with Crippen molar-refractivity contribution < 1.29 is 28.7 Å². The summed E-state index contributed by atoms with van der Waals surface area (Å²) in [6.45, 7) is 3.08. The highest BCUT2D eigenvalue weighted by Crippen LogP contribution is 2.61. The normalized spacial score (nSPS) is 22.0. The lowest BCUT2D eigenvalue weighted by atomic mass is 9.55. The van der Waals surface area contributed by atoms with E-state index in [2.05, 4.69) is 26.8 Å². The molecule has 10 heteroatoms. The van der Waals surface area contributed by atoms with Crippen LogP contribution in [-0.2, 0) is 23.9 Å². The van der Waals surface area contributed by atoms with Gasteiger partial charge in [-0.1, -0.05) is 78.3 Å². The van der Waals surface area contributed by atoms with E-state index < -0.39 is 42.3 Å². The number of hydrazine groups is 1. The van der Waals surface area contributed by atoms with Crippen LogP contribution in [0.15, 0.2) is 77.3 Å². The van der Waals surface area contributed by atoms with E-state index >= 15 is 0 Å². The molecule has 220 valence electrons. The molecule has 1 saturated heterocycles. The first-order valence-corrected chi connectivity index (χ1v) is 15.0. The van der Waals surface area contributed by atoms with Gasteiger partial charge in [0.2, 0.25) is 11.8 Å². The predicted octanol–water partition coefficient (Wildman–Crippen LogP) is 4.06. The predicted molar refractivity (Wildman–Crippen MR) is 159 cm³/mol. The van der Waals surface area contributed by atoms with Crippen LogP contribution in [-0.4, -0.2) is 47.1 Å². The van der Waals surface area contributed by atoms with Crippen LogP contribution >= 0.6 is 15.9 Å². The number of nitrogens with zero attached hydrogens (tertiary/aromatic N) is 1. The zero-order valence-electron chi connectivity index (χ0n) is 23.6. The molecule has 43 heavy (non-hydrogen) atoms. The van der Waals surface area contributed by atoms with Crippen LogP contribution < -0.4 is 10.9 Å². The van der Waals surface area contributed by atoms with Gasteiger partial charge in [-0.25, -0.2) is 4.79 Å². The van der Waals surface area contributed by atoms with Crippen LogP contribution in [0.3, 0.4) is 0 Å². The molecular weight excluding hydrogens is 614 g/mol. The quantitative estimate of drug-likeness (QED) is 0.228. The minimum atomic E-state index is -1.18. The Kier molecular flexibility index (Phi) is 7.64. The number of nitrogens with one attached hydrogen (secondary N) is 2. The number of carbonyl (C=O) groups excluding carboxylic acids is 5. The molecule has 0 spiro atoms. The zero-order valence-corrected chi connectivity index (χ0v) is 25.2. The number of rotatable bonds is 7. The Morgan fingerprint density at radius 2 is 1.28 bits per heavy atom. The van der Waals surface area contributed by atoms with Gasteiger partial charge in [-0.15, -0.1) is 0 Å². The zero-order chi connectivity index (χ0) is 30.4. The van der Waals surface area contributed by atoms with E-state index in [1.807, 2.05) is 62.4 Å². The molecule has 4 amide bonds. The van der Waals surface area contributed by atoms with Crippen molar-refractivity contribution in [1.29, 1.82) is 0 Å². The van der Waals surface area contributed by atoms with E-state index in [4.69, 9.17) is 4.74 Å². The van der Waals surface area contributed by atoms with E-state index in [1.54, 1.807) is 24.3 Å². The third-order valence-electron chi connectivity index (χ3n) is 8.53. The summed E-state index contributed by atoms with van der Waals surface area (Å²) in [5, 5.41) is 0. The molecule has 4 aliphatic rings. The molecule has 0 aromatic heterocycles. The fraction of sp³-hybridized carbons (Fsp3) is 0.303. The van der Waals surface area contributed by atoms with Gasteiger partial charge in [0.1, 0.15) is 6.04 Å². The van der Waals surface area contributed by atoms with Crippen molar-refractivity contribution in [2.24, 2.45) is 17.8 Å². The third kappa shape index (κ3) is 5.03. The molecule has 3 aliphatic carbocycles. The maximum atomic E-state index is 14.1. The van der Waals surface area contributed by atoms with Crippen molar-refractivity contribution in [3.05, 3.63) is 105 Å². The average Bonchev–Trinajstić information content (AvgIpc) is 3.27. The largest absolute Gasteiger partial charge is 0.454 e. The lowest BCUT2D eigenvalue weighted by Crippen LogP contribution is -2.48. The van der Waals surface area contributed by atoms with Crippen molar-refractivity contribution in [1.82, 2.24) is 15.8 Å². The van der Waals surface area contributed by atoms with Gasteiger partial charge < -0.3 is 4.74 Å². The molecule has 0 saturated carbocycles. The molecule has 2 N–H and O–H groups in total. The van der Waals surface area contributed by atoms with Gasteiger partial charge in [0.25, 0.3) is 11.8 Å². The number of benzene rings is 3. The van der Waals surface area contributed by atoms with E-state index in [-0.39, 0.29) is 36.0 Å². The van der Waals surface area contributed by atoms with Crippen molar-refractivity contribution in [2.75, 3.05) is 6.61 Å². The van der Waals surface area contributed by atoms with E-state index in [1.165, 1.54) is 0 Å². The first kappa shape index (κ1) is 28.8. The Bertz CT molecular complexity index is 1520. The first-order chi connectivity index (χ1) is 20.7. The van der Waals surface area contributed by atoms with Gasteiger partial charge in [-0.3, -0.25) is 34.9 Å². The third-order valence-corrected chi connectivity index (χ3v) is 9.06. The summed E-state index contributed by atoms with van der Waals surface area (Å²) in [4.78, 5) is 67.5. The summed E-state index contributed by atoms with van der Waals surface area (Å²) < 4.78 is 6.12. The summed E-state index contributed by atoms with van der Waals surface area (Å²) in [7, 11) is 0. The lowest BCUT2D eigenvalue weighted by molar-refractivity contribution is -0.161. The van der Waals surface area contributed by atoms with E-state index in [0.717, 1.165) is 31.6 Å². The highest BCUT2D eigenvalue weighted by molar-refractivity contribution is 9.10. The number of carbonyl (C=O) groups is 5. The molecular formula is C33H30BrN3O6. The van der Waals surface area contributed by atoms with Crippen molar-refractivity contribution in [3.8, 4) is 0 Å². The van der Waals surface area contributed by atoms with Crippen LogP contribution in [0.5, 0.6) is 0 Å². The van der Waals surface area contributed by atoms with Crippen molar-refractivity contribution in [2.45, 2.75) is 38.1 Å². The number of hydrogen-bond acceptors (Lipinski definition) is 6. The monoisotopic (exact) mass is 643 g/mol. The van der Waals surface area contributed by atoms with Gasteiger partial charge >= 0.3 is 5.97 Å². The standard InChI is InChI=1S/C33H30BrN3O6/c1-17(2)15-24(33(42)43-16-25(38)35-36-30(39)18-11-13-19(34)14-12-18)37-31(40)28-26-20-7-3-4-8-21(20)27(29(28)32(37)41)23-10-6-5-9-22(23)26/h3-14,17,24,26-29H,15-16H2,1-2H3,(H,35,38)(H,36,39)/t24-,26?,27?,28-,29-/m1/s1. The molecule has 0 unspecified atom stereocenters. The number of ether oxygens (including phenoxy) is 1. The lowest BCUT2D eigenvalue weighted by Gasteiger charge is -2.45. The van der Waals surface area contributed by atoms with Crippen LogP contribution in [0.1, 0.15) is 64.7 Å². The molecule has 9 nitrogen and oxygen atoms in total. The van der Waals surface area contributed by atoms with Crippen LogP contribution in [0.4, 0.5) is 0 Å². The van der Waals surface area contributed by atoms with Crippen molar-refractivity contribution in [3.63, 3.8) is 0 Å². The topological polar surface area (TPSA) is 122 Å². The fourth-order valence-corrected chi connectivity index (χ4v) is 7.09. The summed E-state index contributed by atoms with van der Waals surface area (Å²) >= 11 is 3.29. The Balaban J connectivity index is 1.19. The number of hydrogen-bond donors (Lipinski definition) is 2. The van der Waals surface area contributed by atoms with Gasteiger partial charge in [-0.2, -0.15) is 0 Å². The second-order valence-electron chi connectivity index (χ2n) is 11.6. The second kappa shape index (κ2) is 11.4. The molecule has 1 aliphatic heterocycles. The fourth-order valence-electron chi connectivity index (χ4n) is 6.83. The highest BCUT2D eigenvalue weighted by Gasteiger charge is 2.63. The summed E-state index contributed by atoms with van der Waals surface area (Å²) in [6.07, 6.45) is 0.187. The SMILES string of the molecule is CC(C)C[C@H](C(=O)OCC(=O)NNC(=O)c1ccc(Br)cc1)N1C(=O)[C@@H]2C3c4ccccc4C(c4ccccc43)[C@H]2C1=O. The van der Waals surface area contributed by atoms with Crippen molar-refractivity contribution >= 4 is 45.5 Å². The molecule has 7 rings (SSSR count). The molecule has 0 radical (unpaired) electrons. The first-order valence-electron chi connectivity index (χ1n) is 14.2. The van der Waals surface area contributed by atoms with Crippen LogP contribution in [0.25, 0.3) is 0 Å². The smallest absolute Gasteiger partial charge is 0.329 e. The van der Waals surface area contributed by atoms with Crippen LogP contribution in [0.2, 0.25) is 0 Å². The summed E-state index contributed by atoms with van der Waals surface area (Å²) in [5.41, 5.74) is 8.99. The Morgan fingerprint density at radius 3 is 1.74 bits per heavy atom. The molecule has 1 heterocycles. The Hall–Kier alpha value is -4.31. The summed E-state index contributed by atoms with van der Waals surface area (Å²) in [5.74, 6) is -4.80. The minimum Gasteiger partial charge on any atom is -0.454 e. The number of imide groups is 1. The molecule has 3 aromatic rings. The number of likely N-dealkylation sites (tertiary alicyclic amines) is 1. The number of esters is 1. The van der Waals surface area contributed by atoms with Gasteiger partial charge in [-0.05, 0) is 58.9 Å². The van der Waals surface area contributed by atoms with Gasteiger partial charge in [0.15, 0.2) is 6.61 Å². The Labute approximate surface area is 257 Å². The van der Waals surface area contributed by atoms with E-state index in [0.29, 0.717) is 5.56 Å². The number of amides is 4. The Morgan fingerprint density at radius 1 is 0.791 bits per heavy atom. The average molecular weight is 645 g/mol. The van der Waals surface area contributed by atoms with Gasteiger partial charge in [0.05, 0.1) is 11.8 Å². The second-order valence-corrected chi connectivity index (χ2v) is 12.5. The highest BCUT2D eigenvalue weighted by atomic mass is 79.9. The molecule has 1 fully saturated rings. The van der Waals surface area contributed by atoms with E-state index in [9.17, 15) is 24.0 Å². The molecule has 3 atom stereocenters. The molecule has 3 aromatic carbocycles.